The summed E-state index contributed by atoms with van der Waals surface area (Å²) in [5.41, 5.74) is 1.38. The summed E-state index contributed by atoms with van der Waals surface area (Å²) in [6.07, 6.45) is 4.02. The van der Waals surface area contributed by atoms with Crippen molar-refractivity contribution < 1.29 is 4.79 Å². The Labute approximate surface area is 109 Å². The fourth-order valence-corrected chi connectivity index (χ4v) is 2.87. The lowest BCUT2D eigenvalue weighted by Crippen LogP contribution is -2.17. The van der Waals surface area contributed by atoms with Crippen molar-refractivity contribution in [1.29, 1.82) is 0 Å². The van der Waals surface area contributed by atoms with Crippen LogP contribution in [0.4, 0.5) is 0 Å². The predicted octanol–water partition coefficient (Wildman–Crippen LogP) is 4.49. The maximum Gasteiger partial charge on any atom is 0.224 e. The van der Waals surface area contributed by atoms with Gasteiger partial charge in [-0.2, -0.15) is 0 Å². The van der Waals surface area contributed by atoms with Crippen molar-refractivity contribution in [3.63, 3.8) is 0 Å². The Balaban J connectivity index is 1.99. The highest BCUT2D eigenvalue weighted by molar-refractivity contribution is 9.10. The van der Waals surface area contributed by atoms with Crippen LogP contribution in [0.5, 0.6) is 0 Å². The molecule has 1 nitrogen and oxygen atoms in total. The highest BCUT2D eigenvalue weighted by Gasteiger charge is 2.25. The third-order valence-electron chi connectivity index (χ3n) is 3.39. The molecule has 0 amide bonds. The van der Waals surface area contributed by atoms with Gasteiger partial charge in [0.05, 0.1) is 0 Å². The monoisotopic (exact) mass is 300 g/mol. The van der Waals surface area contributed by atoms with Crippen LogP contribution in [0.3, 0.4) is 0 Å². The highest BCUT2D eigenvalue weighted by Crippen LogP contribution is 2.36. The minimum absolute atomic E-state index is 0.0911. The fraction of sp³-hybridized carbons (Fsp3) is 0.462. The molecular formula is C13H14BrClO. The number of rotatable bonds is 2. The van der Waals surface area contributed by atoms with Gasteiger partial charge in [0.15, 0.2) is 0 Å². The van der Waals surface area contributed by atoms with Crippen LogP contribution in [0, 0.1) is 5.92 Å². The first-order chi connectivity index (χ1) is 7.66. The second kappa shape index (κ2) is 5.33. The predicted molar refractivity (Wildman–Crippen MR) is 69.7 cm³/mol. The van der Waals surface area contributed by atoms with Gasteiger partial charge in [-0.05, 0) is 60.9 Å². The number of hydrogen-bond donors (Lipinski definition) is 0. The van der Waals surface area contributed by atoms with E-state index in [1.807, 2.05) is 0 Å². The van der Waals surface area contributed by atoms with Crippen LogP contribution < -0.4 is 0 Å². The van der Waals surface area contributed by atoms with E-state index in [2.05, 4.69) is 40.2 Å². The zero-order chi connectivity index (χ0) is 11.5. The van der Waals surface area contributed by atoms with Crippen molar-refractivity contribution in [1.82, 2.24) is 0 Å². The summed E-state index contributed by atoms with van der Waals surface area (Å²) >= 11 is 8.96. The molecule has 1 saturated carbocycles. The van der Waals surface area contributed by atoms with E-state index in [-0.39, 0.29) is 11.2 Å². The Morgan fingerprint density at radius 2 is 1.69 bits per heavy atom. The Morgan fingerprint density at radius 1 is 1.12 bits per heavy atom. The Hall–Kier alpha value is -0.340. The van der Waals surface area contributed by atoms with Gasteiger partial charge in [-0.1, -0.05) is 28.1 Å². The lowest BCUT2D eigenvalue weighted by molar-refractivity contribution is -0.116. The van der Waals surface area contributed by atoms with E-state index in [9.17, 15) is 4.79 Å². The van der Waals surface area contributed by atoms with Gasteiger partial charge in [0.2, 0.25) is 5.24 Å². The first kappa shape index (κ1) is 12.1. The van der Waals surface area contributed by atoms with Gasteiger partial charge < -0.3 is 0 Å². The minimum Gasteiger partial charge on any atom is -0.281 e. The molecule has 16 heavy (non-hydrogen) atoms. The van der Waals surface area contributed by atoms with Crippen molar-refractivity contribution in [3.05, 3.63) is 34.3 Å². The number of benzene rings is 1. The molecule has 1 fully saturated rings. The Kier molecular flexibility index (Phi) is 4.04. The van der Waals surface area contributed by atoms with Gasteiger partial charge in [0, 0.05) is 10.4 Å². The van der Waals surface area contributed by atoms with Gasteiger partial charge in [0.1, 0.15) is 0 Å². The number of hydrogen-bond acceptors (Lipinski definition) is 1. The third kappa shape index (κ3) is 2.86. The molecule has 86 valence electrons. The Morgan fingerprint density at radius 3 is 2.19 bits per heavy atom. The molecule has 0 spiro atoms. The van der Waals surface area contributed by atoms with E-state index in [1.165, 1.54) is 5.56 Å². The lowest BCUT2D eigenvalue weighted by Gasteiger charge is -2.26. The highest BCUT2D eigenvalue weighted by atomic mass is 79.9. The lowest BCUT2D eigenvalue weighted by atomic mass is 9.79. The molecule has 1 aromatic carbocycles. The topological polar surface area (TPSA) is 17.1 Å². The molecular weight excluding hydrogens is 287 g/mol. The van der Waals surface area contributed by atoms with Crippen molar-refractivity contribution in [3.8, 4) is 0 Å². The van der Waals surface area contributed by atoms with Crippen molar-refractivity contribution in [2.75, 3.05) is 0 Å². The second-order valence-corrected chi connectivity index (χ2v) is 5.69. The van der Waals surface area contributed by atoms with Crippen LogP contribution in [0.15, 0.2) is 28.7 Å². The largest absolute Gasteiger partial charge is 0.281 e. The van der Waals surface area contributed by atoms with E-state index in [0.717, 1.165) is 30.2 Å². The molecule has 0 saturated heterocycles. The molecule has 0 unspecified atom stereocenters. The average Bonchev–Trinajstić information content (AvgIpc) is 2.30. The average molecular weight is 302 g/mol. The van der Waals surface area contributed by atoms with Crippen LogP contribution in [-0.4, -0.2) is 5.24 Å². The van der Waals surface area contributed by atoms with Crippen LogP contribution in [0.25, 0.3) is 0 Å². The zero-order valence-corrected chi connectivity index (χ0v) is 11.3. The standard InChI is InChI=1S/C13H14BrClO/c14-12-7-5-10(6-8-12)9-1-3-11(4-2-9)13(15)16/h5-9,11H,1-4H2. The van der Waals surface area contributed by atoms with Gasteiger partial charge in [-0.3, -0.25) is 4.79 Å². The molecule has 0 N–H and O–H groups in total. The second-order valence-electron chi connectivity index (χ2n) is 4.40. The molecule has 1 aliphatic rings. The molecule has 1 aliphatic carbocycles. The summed E-state index contributed by atoms with van der Waals surface area (Å²) in [5, 5.41) is -0.158. The molecule has 1 aromatic rings. The van der Waals surface area contributed by atoms with Crippen LogP contribution in [-0.2, 0) is 4.79 Å². The summed E-state index contributed by atoms with van der Waals surface area (Å²) in [4.78, 5) is 11.0. The van der Waals surface area contributed by atoms with Crippen molar-refractivity contribution in [2.24, 2.45) is 5.92 Å². The van der Waals surface area contributed by atoms with E-state index < -0.39 is 0 Å². The van der Waals surface area contributed by atoms with E-state index in [0.29, 0.717) is 5.92 Å². The maximum absolute atomic E-state index is 11.0. The van der Waals surface area contributed by atoms with E-state index in [4.69, 9.17) is 11.6 Å². The van der Waals surface area contributed by atoms with E-state index >= 15 is 0 Å². The van der Waals surface area contributed by atoms with Crippen molar-refractivity contribution in [2.45, 2.75) is 31.6 Å². The summed E-state index contributed by atoms with van der Waals surface area (Å²) in [7, 11) is 0. The molecule has 0 aromatic heterocycles. The summed E-state index contributed by atoms with van der Waals surface area (Å²) in [5.74, 6) is 0.689. The summed E-state index contributed by atoms with van der Waals surface area (Å²) in [6, 6.07) is 8.48. The smallest absolute Gasteiger partial charge is 0.224 e. The Bertz CT molecular complexity index is 366. The van der Waals surface area contributed by atoms with Gasteiger partial charge in [0.25, 0.3) is 0 Å². The molecule has 2 rings (SSSR count). The molecule has 0 bridgehead atoms. The van der Waals surface area contributed by atoms with Crippen LogP contribution >= 0.6 is 27.5 Å². The van der Waals surface area contributed by atoms with Gasteiger partial charge in [-0.25, -0.2) is 0 Å². The number of halogens is 2. The number of carbonyl (C=O) groups is 1. The van der Waals surface area contributed by atoms with Crippen molar-refractivity contribution >= 4 is 32.8 Å². The van der Waals surface area contributed by atoms with E-state index in [1.54, 1.807) is 0 Å². The number of carbonyl (C=O) groups excluding carboxylic acids is 1. The maximum atomic E-state index is 11.0. The van der Waals surface area contributed by atoms with Crippen LogP contribution in [0.1, 0.15) is 37.2 Å². The molecule has 0 radical (unpaired) electrons. The summed E-state index contributed by atoms with van der Waals surface area (Å²) in [6.45, 7) is 0. The van der Waals surface area contributed by atoms with Gasteiger partial charge in [-0.15, -0.1) is 0 Å². The zero-order valence-electron chi connectivity index (χ0n) is 8.96. The molecule has 0 atom stereocenters. The first-order valence-corrected chi connectivity index (χ1v) is 6.78. The van der Waals surface area contributed by atoms with Gasteiger partial charge >= 0.3 is 0 Å². The van der Waals surface area contributed by atoms with Crippen LogP contribution in [0.2, 0.25) is 0 Å². The molecule has 0 heterocycles. The molecule has 3 heteroatoms. The summed E-state index contributed by atoms with van der Waals surface area (Å²) < 4.78 is 1.11. The normalized spacial score (nSPS) is 25.4. The minimum atomic E-state index is -0.158. The fourth-order valence-electron chi connectivity index (χ4n) is 2.39. The third-order valence-corrected chi connectivity index (χ3v) is 4.23. The SMILES string of the molecule is O=C(Cl)C1CCC(c2ccc(Br)cc2)CC1. The quantitative estimate of drug-likeness (QED) is 0.736. The molecule has 0 aliphatic heterocycles. The first-order valence-electron chi connectivity index (χ1n) is 5.61.